The number of carbonyl (C=O) groups is 3. The molecule has 0 saturated carbocycles. The molecule has 0 heterocycles. The molecule has 0 fully saturated rings. The smallest absolute Gasteiger partial charge is 0.339 e. The molecule has 0 aliphatic rings. The van der Waals surface area contributed by atoms with Gasteiger partial charge < -0.3 is 15.8 Å². The van der Waals surface area contributed by atoms with Crippen LogP contribution in [0.25, 0.3) is 21.5 Å². The third-order valence-electron chi connectivity index (χ3n) is 4.76. The molecule has 0 saturated heterocycles. The molecule has 0 aliphatic carbocycles. The number of nitrogens with two attached hydrogens (primary N) is 1. The summed E-state index contributed by atoms with van der Waals surface area (Å²) in [4.78, 5) is 36.2. The summed E-state index contributed by atoms with van der Waals surface area (Å²) in [5.74, 6) is -1.61. The number of hydrogen-bond acceptors (Lipinski definition) is 4. The molecule has 0 spiro atoms. The van der Waals surface area contributed by atoms with Gasteiger partial charge >= 0.3 is 5.97 Å². The molecule has 4 aromatic rings. The molecule has 0 aromatic heterocycles. The van der Waals surface area contributed by atoms with E-state index < -0.39 is 24.4 Å². The topological polar surface area (TPSA) is 98.5 Å². The maximum Gasteiger partial charge on any atom is 0.339 e. The van der Waals surface area contributed by atoms with Crippen LogP contribution in [-0.2, 0) is 9.53 Å². The van der Waals surface area contributed by atoms with Crippen LogP contribution in [-0.4, -0.2) is 24.4 Å². The van der Waals surface area contributed by atoms with Crippen molar-refractivity contribution in [3.63, 3.8) is 0 Å². The largest absolute Gasteiger partial charge is 0.452 e. The van der Waals surface area contributed by atoms with E-state index in [4.69, 9.17) is 10.5 Å². The third kappa shape index (κ3) is 3.84. The van der Waals surface area contributed by atoms with Crippen LogP contribution in [0, 0.1) is 0 Å². The summed E-state index contributed by atoms with van der Waals surface area (Å²) in [5.41, 5.74) is 6.43. The number of amides is 2. The van der Waals surface area contributed by atoms with Crippen LogP contribution in [0.1, 0.15) is 20.7 Å². The lowest BCUT2D eigenvalue weighted by Gasteiger charge is -2.11. The average Bonchev–Trinajstić information content (AvgIpc) is 2.76. The molecule has 0 unspecified atom stereocenters. The van der Waals surface area contributed by atoms with E-state index in [0.29, 0.717) is 16.8 Å². The van der Waals surface area contributed by atoms with Gasteiger partial charge in [-0.25, -0.2) is 4.79 Å². The molecule has 0 radical (unpaired) electrons. The predicted octanol–water partition coefficient (Wildman–Crippen LogP) is 3.89. The highest BCUT2D eigenvalue weighted by Crippen LogP contribution is 2.29. The molecule has 2 amide bonds. The van der Waals surface area contributed by atoms with Gasteiger partial charge in [-0.2, -0.15) is 0 Å². The molecule has 0 atom stereocenters. The third-order valence-corrected chi connectivity index (χ3v) is 4.76. The second-order valence-electron chi connectivity index (χ2n) is 6.76. The van der Waals surface area contributed by atoms with Crippen molar-refractivity contribution in [1.82, 2.24) is 0 Å². The number of benzene rings is 4. The number of ether oxygens (including phenoxy) is 1. The van der Waals surface area contributed by atoms with Crippen LogP contribution in [0.5, 0.6) is 0 Å². The molecule has 3 N–H and O–H groups in total. The lowest BCUT2D eigenvalue weighted by atomic mass is 9.97. The summed E-state index contributed by atoms with van der Waals surface area (Å²) in [7, 11) is 0. The van der Waals surface area contributed by atoms with Gasteiger partial charge in [0, 0.05) is 11.3 Å². The minimum Gasteiger partial charge on any atom is -0.452 e. The van der Waals surface area contributed by atoms with Crippen molar-refractivity contribution in [1.29, 1.82) is 0 Å². The number of rotatable bonds is 5. The van der Waals surface area contributed by atoms with E-state index in [2.05, 4.69) is 5.32 Å². The van der Waals surface area contributed by atoms with E-state index in [9.17, 15) is 14.4 Å². The Hall–Kier alpha value is -4.19. The van der Waals surface area contributed by atoms with Crippen molar-refractivity contribution in [2.45, 2.75) is 0 Å². The van der Waals surface area contributed by atoms with Crippen molar-refractivity contribution in [2.24, 2.45) is 5.73 Å². The highest BCUT2D eigenvalue weighted by atomic mass is 16.5. The van der Waals surface area contributed by atoms with E-state index in [1.165, 1.54) is 12.1 Å². The Morgan fingerprint density at radius 1 is 0.800 bits per heavy atom. The summed E-state index contributed by atoms with van der Waals surface area (Å²) in [6, 6.07) is 23.2. The van der Waals surface area contributed by atoms with Gasteiger partial charge in [-0.05, 0) is 51.9 Å². The van der Waals surface area contributed by atoms with Gasteiger partial charge in [0.05, 0.1) is 5.56 Å². The number of esters is 1. The van der Waals surface area contributed by atoms with E-state index in [1.54, 1.807) is 12.1 Å². The number of nitrogens with one attached hydrogen (secondary N) is 1. The summed E-state index contributed by atoms with van der Waals surface area (Å²) in [5, 5.41) is 5.99. The maximum absolute atomic E-state index is 12.9. The van der Waals surface area contributed by atoms with Gasteiger partial charge in [-0.1, -0.05) is 48.5 Å². The first-order valence-electron chi connectivity index (χ1n) is 9.30. The normalized spacial score (nSPS) is 10.7. The summed E-state index contributed by atoms with van der Waals surface area (Å²) < 4.78 is 5.32. The van der Waals surface area contributed by atoms with Crippen molar-refractivity contribution >= 4 is 45.0 Å². The zero-order chi connectivity index (χ0) is 21.1. The van der Waals surface area contributed by atoms with Gasteiger partial charge in [0.1, 0.15) is 0 Å². The Balaban J connectivity index is 1.53. The van der Waals surface area contributed by atoms with Gasteiger partial charge in [0.2, 0.25) is 5.91 Å². The molecule has 6 heteroatoms. The SMILES string of the molecule is NC(=O)c1ccc(NC(=O)COC(=O)c2c3ccccc3cc3ccccc23)cc1. The maximum atomic E-state index is 12.9. The fourth-order valence-electron chi connectivity index (χ4n) is 3.35. The van der Waals surface area contributed by atoms with Gasteiger partial charge in [0.25, 0.3) is 5.91 Å². The van der Waals surface area contributed by atoms with Crippen molar-refractivity contribution < 1.29 is 19.1 Å². The Bertz CT molecular complexity index is 1230. The van der Waals surface area contributed by atoms with E-state index in [0.717, 1.165) is 21.5 Å². The lowest BCUT2D eigenvalue weighted by Crippen LogP contribution is -2.21. The molecule has 0 aliphatic heterocycles. The standard InChI is InChI=1S/C24H18N2O4/c25-23(28)15-9-11-18(12-10-15)26-21(27)14-30-24(29)22-19-7-3-1-5-16(19)13-17-6-2-4-8-20(17)22/h1-13H,14H2,(H2,25,28)(H,26,27). The first-order valence-corrected chi connectivity index (χ1v) is 9.30. The van der Waals surface area contributed by atoms with Gasteiger partial charge in [-0.3, -0.25) is 9.59 Å². The molecule has 4 aromatic carbocycles. The number of primary amides is 1. The first-order chi connectivity index (χ1) is 14.5. The van der Waals surface area contributed by atoms with Gasteiger partial charge in [-0.15, -0.1) is 0 Å². The monoisotopic (exact) mass is 398 g/mol. The minimum absolute atomic E-state index is 0.335. The molecule has 148 valence electrons. The quantitative estimate of drug-likeness (QED) is 0.394. The Kier molecular flexibility index (Phi) is 5.13. The molecule has 0 bridgehead atoms. The van der Waals surface area contributed by atoms with Crippen LogP contribution in [0.15, 0.2) is 78.9 Å². The number of carbonyl (C=O) groups excluding carboxylic acids is 3. The Labute approximate surface area is 172 Å². The molecule has 6 nitrogen and oxygen atoms in total. The van der Waals surface area contributed by atoms with Crippen molar-refractivity contribution in [3.05, 3.63) is 90.0 Å². The number of anilines is 1. The lowest BCUT2D eigenvalue weighted by molar-refractivity contribution is -0.119. The Morgan fingerprint density at radius 2 is 1.37 bits per heavy atom. The fourth-order valence-corrected chi connectivity index (χ4v) is 3.35. The summed E-state index contributed by atoms with van der Waals surface area (Å²) >= 11 is 0. The minimum atomic E-state index is -0.567. The molecule has 30 heavy (non-hydrogen) atoms. The van der Waals surface area contributed by atoms with E-state index >= 15 is 0 Å². The Morgan fingerprint density at radius 3 is 1.93 bits per heavy atom. The summed E-state index contributed by atoms with van der Waals surface area (Å²) in [6.45, 7) is -0.437. The molecular formula is C24H18N2O4. The van der Waals surface area contributed by atoms with Gasteiger partial charge in [0.15, 0.2) is 6.61 Å². The zero-order valence-corrected chi connectivity index (χ0v) is 15.9. The molecular weight excluding hydrogens is 380 g/mol. The van der Waals surface area contributed by atoms with Crippen LogP contribution in [0.3, 0.4) is 0 Å². The van der Waals surface area contributed by atoms with E-state index in [-0.39, 0.29) is 0 Å². The second kappa shape index (κ2) is 8.05. The zero-order valence-electron chi connectivity index (χ0n) is 15.9. The first kappa shape index (κ1) is 19.1. The second-order valence-corrected chi connectivity index (χ2v) is 6.76. The van der Waals surface area contributed by atoms with Crippen molar-refractivity contribution in [2.75, 3.05) is 11.9 Å². The summed E-state index contributed by atoms with van der Waals surface area (Å²) in [6.07, 6.45) is 0. The predicted molar refractivity (Wildman–Crippen MR) is 115 cm³/mol. The van der Waals surface area contributed by atoms with Crippen LogP contribution in [0.4, 0.5) is 5.69 Å². The fraction of sp³-hybridized carbons (Fsp3) is 0.0417. The average molecular weight is 398 g/mol. The van der Waals surface area contributed by atoms with Crippen LogP contribution >= 0.6 is 0 Å². The highest BCUT2D eigenvalue weighted by Gasteiger charge is 2.17. The van der Waals surface area contributed by atoms with Crippen molar-refractivity contribution in [3.8, 4) is 0 Å². The van der Waals surface area contributed by atoms with Crippen LogP contribution in [0.2, 0.25) is 0 Å². The number of fused-ring (bicyclic) bond motifs is 2. The highest BCUT2D eigenvalue weighted by molar-refractivity contribution is 6.16. The number of hydrogen-bond donors (Lipinski definition) is 2. The van der Waals surface area contributed by atoms with E-state index in [1.807, 2.05) is 54.6 Å². The molecule has 4 rings (SSSR count). The van der Waals surface area contributed by atoms with Crippen LogP contribution < -0.4 is 11.1 Å².